The molecule has 1 atom stereocenters. The predicted molar refractivity (Wildman–Crippen MR) is 87.3 cm³/mol. The summed E-state index contributed by atoms with van der Waals surface area (Å²) >= 11 is 6.35. The third-order valence-corrected chi connectivity index (χ3v) is 4.03. The Morgan fingerprint density at radius 1 is 1.19 bits per heavy atom. The molecule has 0 bridgehead atoms. The van der Waals surface area contributed by atoms with E-state index in [1.165, 1.54) is 11.1 Å². The van der Waals surface area contributed by atoms with E-state index in [0.29, 0.717) is 0 Å². The first-order valence-corrected chi connectivity index (χ1v) is 7.48. The van der Waals surface area contributed by atoms with Gasteiger partial charge in [-0.05, 0) is 56.5 Å². The van der Waals surface area contributed by atoms with Crippen molar-refractivity contribution >= 4 is 22.8 Å². The van der Waals surface area contributed by atoms with Crippen LogP contribution in [0.15, 0.2) is 30.5 Å². The first-order valence-electron chi connectivity index (χ1n) is 7.04. The fourth-order valence-electron chi connectivity index (χ4n) is 2.57. The molecule has 0 N–H and O–H groups in total. The number of alkyl halides is 1. The summed E-state index contributed by atoms with van der Waals surface area (Å²) in [6, 6.07) is 8.31. The molecule has 0 aliphatic rings. The number of rotatable bonds is 2. The zero-order chi connectivity index (χ0) is 15.1. The summed E-state index contributed by atoms with van der Waals surface area (Å²) in [5, 5.41) is -0.181. The van der Waals surface area contributed by atoms with Crippen LogP contribution in [0.25, 0.3) is 16.9 Å². The van der Waals surface area contributed by atoms with Crippen molar-refractivity contribution in [2.45, 2.75) is 33.1 Å². The predicted octanol–water partition coefficient (Wildman–Crippen LogP) is 4.65. The van der Waals surface area contributed by atoms with Gasteiger partial charge in [0.15, 0.2) is 5.65 Å². The summed E-state index contributed by atoms with van der Waals surface area (Å²) in [6.07, 6.45) is 1.87. The van der Waals surface area contributed by atoms with Crippen molar-refractivity contribution in [1.82, 2.24) is 14.5 Å². The van der Waals surface area contributed by atoms with Crippen molar-refractivity contribution in [2.75, 3.05) is 0 Å². The van der Waals surface area contributed by atoms with E-state index < -0.39 is 0 Å². The van der Waals surface area contributed by atoms with Crippen molar-refractivity contribution in [3.63, 3.8) is 0 Å². The molecule has 0 amide bonds. The van der Waals surface area contributed by atoms with E-state index in [4.69, 9.17) is 11.6 Å². The lowest BCUT2D eigenvalue weighted by atomic mass is 10.1. The first-order chi connectivity index (χ1) is 9.99. The molecular weight excluding hydrogens is 282 g/mol. The van der Waals surface area contributed by atoms with Crippen LogP contribution in [0.4, 0.5) is 0 Å². The lowest BCUT2D eigenvalue weighted by molar-refractivity contribution is 0.871. The standard InChI is InChI=1S/C17H18ClN3/c1-10-8-14-17(19-9-10)21(16(20-14)13(4)18)15-7-5-6-11(2)12(15)3/h5-9,13H,1-4H3. The maximum atomic E-state index is 6.35. The Morgan fingerprint density at radius 2 is 1.95 bits per heavy atom. The molecule has 2 aromatic heterocycles. The summed E-state index contributed by atoms with van der Waals surface area (Å²) in [4.78, 5) is 9.26. The van der Waals surface area contributed by atoms with Crippen molar-refractivity contribution < 1.29 is 0 Å². The molecule has 0 spiro atoms. The van der Waals surface area contributed by atoms with Crippen LogP contribution in [0.2, 0.25) is 0 Å². The Hall–Kier alpha value is -1.87. The van der Waals surface area contributed by atoms with E-state index in [9.17, 15) is 0 Å². The highest BCUT2D eigenvalue weighted by Gasteiger charge is 2.18. The third-order valence-electron chi connectivity index (χ3n) is 3.83. The van der Waals surface area contributed by atoms with Crippen LogP contribution >= 0.6 is 11.6 Å². The van der Waals surface area contributed by atoms with Crippen LogP contribution in [0.3, 0.4) is 0 Å². The smallest absolute Gasteiger partial charge is 0.164 e. The molecule has 1 aromatic carbocycles. The molecule has 2 heterocycles. The zero-order valence-corrected chi connectivity index (χ0v) is 13.4. The average Bonchev–Trinajstić information content (AvgIpc) is 2.80. The number of fused-ring (bicyclic) bond motifs is 1. The van der Waals surface area contributed by atoms with Gasteiger partial charge in [0.25, 0.3) is 0 Å². The van der Waals surface area contributed by atoms with Gasteiger partial charge in [-0.25, -0.2) is 9.97 Å². The second kappa shape index (κ2) is 5.15. The SMILES string of the molecule is Cc1cnc2c(c1)nc(C(C)Cl)n2-c1cccc(C)c1C. The summed E-state index contributed by atoms with van der Waals surface area (Å²) in [7, 11) is 0. The Bertz CT molecular complexity index is 818. The minimum absolute atomic E-state index is 0.181. The minimum Gasteiger partial charge on any atom is -0.279 e. The molecule has 21 heavy (non-hydrogen) atoms. The number of aryl methyl sites for hydroxylation is 2. The number of benzene rings is 1. The van der Waals surface area contributed by atoms with Gasteiger partial charge in [0.2, 0.25) is 0 Å². The number of aromatic nitrogens is 3. The molecule has 108 valence electrons. The number of nitrogens with zero attached hydrogens (tertiary/aromatic N) is 3. The average molecular weight is 300 g/mol. The van der Waals surface area contributed by atoms with Crippen LogP contribution < -0.4 is 0 Å². The minimum atomic E-state index is -0.181. The highest BCUT2D eigenvalue weighted by Crippen LogP contribution is 2.29. The number of hydrogen-bond donors (Lipinski definition) is 0. The summed E-state index contributed by atoms with van der Waals surface area (Å²) in [6.45, 7) is 8.19. The third kappa shape index (κ3) is 2.32. The summed E-state index contributed by atoms with van der Waals surface area (Å²) in [5.74, 6) is 0.832. The number of halogens is 1. The molecular formula is C17H18ClN3. The lowest BCUT2D eigenvalue weighted by Crippen LogP contribution is -2.05. The highest BCUT2D eigenvalue weighted by molar-refractivity contribution is 6.20. The quantitative estimate of drug-likeness (QED) is 0.645. The Morgan fingerprint density at radius 3 is 2.67 bits per heavy atom. The van der Waals surface area contributed by atoms with Crippen LogP contribution in [-0.2, 0) is 0 Å². The molecule has 3 nitrogen and oxygen atoms in total. The van der Waals surface area contributed by atoms with Crippen LogP contribution in [0.5, 0.6) is 0 Å². The maximum Gasteiger partial charge on any atom is 0.164 e. The largest absolute Gasteiger partial charge is 0.279 e. The monoisotopic (exact) mass is 299 g/mol. The Labute approximate surface area is 129 Å². The van der Waals surface area contributed by atoms with Gasteiger partial charge in [-0.2, -0.15) is 0 Å². The van der Waals surface area contributed by atoms with E-state index in [1.807, 2.05) is 26.1 Å². The molecule has 4 heteroatoms. The number of imidazole rings is 1. The van der Waals surface area contributed by atoms with Gasteiger partial charge in [0.1, 0.15) is 11.3 Å². The van der Waals surface area contributed by atoms with Gasteiger partial charge in [-0.1, -0.05) is 12.1 Å². The summed E-state index contributed by atoms with van der Waals surface area (Å²) in [5.41, 5.74) is 6.40. The summed E-state index contributed by atoms with van der Waals surface area (Å²) < 4.78 is 2.08. The van der Waals surface area contributed by atoms with Crippen LogP contribution in [0.1, 0.15) is 34.8 Å². The second-order valence-electron chi connectivity index (χ2n) is 5.50. The van der Waals surface area contributed by atoms with Gasteiger partial charge in [-0.15, -0.1) is 11.6 Å². The molecule has 0 aliphatic carbocycles. The number of pyridine rings is 1. The molecule has 3 rings (SSSR count). The fraction of sp³-hybridized carbons (Fsp3) is 0.294. The molecule has 0 saturated carbocycles. The Kier molecular flexibility index (Phi) is 3.46. The molecule has 0 saturated heterocycles. The van der Waals surface area contributed by atoms with E-state index in [2.05, 4.69) is 46.6 Å². The normalized spacial score (nSPS) is 12.8. The topological polar surface area (TPSA) is 30.7 Å². The van der Waals surface area contributed by atoms with E-state index >= 15 is 0 Å². The van der Waals surface area contributed by atoms with Crippen molar-refractivity contribution in [2.24, 2.45) is 0 Å². The van der Waals surface area contributed by atoms with Crippen molar-refractivity contribution in [3.8, 4) is 5.69 Å². The van der Waals surface area contributed by atoms with Crippen LogP contribution in [0, 0.1) is 20.8 Å². The van der Waals surface area contributed by atoms with Crippen LogP contribution in [-0.4, -0.2) is 14.5 Å². The molecule has 3 aromatic rings. The maximum absolute atomic E-state index is 6.35. The molecule has 1 unspecified atom stereocenters. The number of hydrogen-bond acceptors (Lipinski definition) is 2. The highest BCUT2D eigenvalue weighted by atomic mass is 35.5. The second-order valence-corrected chi connectivity index (χ2v) is 6.15. The van der Waals surface area contributed by atoms with Gasteiger partial charge in [-0.3, -0.25) is 4.57 Å². The van der Waals surface area contributed by atoms with Gasteiger partial charge < -0.3 is 0 Å². The molecule has 0 aliphatic heterocycles. The zero-order valence-electron chi connectivity index (χ0n) is 12.7. The van der Waals surface area contributed by atoms with E-state index in [1.54, 1.807) is 0 Å². The lowest BCUT2D eigenvalue weighted by Gasteiger charge is -2.14. The first kappa shape index (κ1) is 14.1. The van der Waals surface area contributed by atoms with Gasteiger partial charge in [0.05, 0.1) is 11.1 Å². The van der Waals surface area contributed by atoms with Crippen molar-refractivity contribution in [1.29, 1.82) is 0 Å². The van der Waals surface area contributed by atoms with Gasteiger partial charge in [0, 0.05) is 6.20 Å². The van der Waals surface area contributed by atoms with E-state index in [-0.39, 0.29) is 5.38 Å². The Balaban J connectivity index is 2.39. The van der Waals surface area contributed by atoms with E-state index in [0.717, 1.165) is 28.2 Å². The molecule has 0 fully saturated rings. The van der Waals surface area contributed by atoms with Gasteiger partial charge >= 0.3 is 0 Å². The molecule has 0 radical (unpaired) electrons. The van der Waals surface area contributed by atoms with Crippen molar-refractivity contribution in [3.05, 3.63) is 53.0 Å². The fourth-order valence-corrected chi connectivity index (χ4v) is 2.71.